The van der Waals surface area contributed by atoms with Gasteiger partial charge in [-0.3, -0.25) is 4.79 Å². The van der Waals surface area contributed by atoms with E-state index in [9.17, 15) is 9.59 Å². The molecule has 0 bridgehead atoms. The number of rotatable bonds is 7. The van der Waals surface area contributed by atoms with Gasteiger partial charge in [-0.05, 0) is 30.7 Å². The molecule has 0 radical (unpaired) electrons. The van der Waals surface area contributed by atoms with E-state index in [1.54, 1.807) is 13.0 Å². The maximum atomic E-state index is 12.0. The fourth-order valence-electron chi connectivity index (χ4n) is 1.98. The van der Waals surface area contributed by atoms with Gasteiger partial charge < -0.3 is 14.2 Å². The van der Waals surface area contributed by atoms with E-state index in [2.05, 4.69) is 0 Å². The number of benzene rings is 2. The molecular formula is C18H18O5. The first-order chi connectivity index (χ1) is 11.2. The van der Waals surface area contributed by atoms with Gasteiger partial charge in [0, 0.05) is 5.56 Å². The molecule has 120 valence electrons. The van der Waals surface area contributed by atoms with Gasteiger partial charge in [0.2, 0.25) is 0 Å². The van der Waals surface area contributed by atoms with E-state index in [1.807, 2.05) is 30.3 Å². The third-order valence-electron chi connectivity index (χ3n) is 3.12. The predicted molar refractivity (Wildman–Crippen MR) is 84.7 cm³/mol. The largest absolute Gasteiger partial charge is 0.493 e. The smallest absolute Gasteiger partial charge is 0.379 e. The minimum Gasteiger partial charge on any atom is -0.493 e. The van der Waals surface area contributed by atoms with Crippen LogP contribution >= 0.6 is 0 Å². The van der Waals surface area contributed by atoms with Crippen LogP contribution in [0, 0.1) is 0 Å². The van der Waals surface area contributed by atoms with Crippen molar-refractivity contribution in [3.05, 3.63) is 59.7 Å². The standard InChI is InChI=1S/C18H18O5/c1-3-22-18(20)17(19)14-9-10-15(21-2)16(11-14)23-12-13-7-5-4-6-8-13/h4-11H,3,12H2,1-2H3. The van der Waals surface area contributed by atoms with Gasteiger partial charge in [0.1, 0.15) is 6.61 Å². The summed E-state index contributed by atoms with van der Waals surface area (Å²) in [5.41, 5.74) is 1.18. The van der Waals surface area contributed by atoms with Crippen LogP contribution in [0.4, 0.5) is 0 Å². The Hall–Kier alpha value is -2.82. The first kappa shape index (κ1) is 16.5. The van der Waals surface area contributed by atoms with Crippen molar-refractivity contribution >= 4 is 11.8 Å². The fraction of sp³-hybridized carbons (Fsp3) is 0.222. The van der Waals surface area contributed by atoms with Crippen LogP contribution in [0.2, 0.25) is 0 Å². The summed E-state index contributed by atoms with van der Waals surface area (Å²) < 4.78 is 15.7. The lowest BCUT2D eigenvalue weighted by Crippen LogP contribution is -2.17. The first-order valence-electron chi connectivity index (χ1n) is 7.22. The SMILES string of the molecule is CCOC(=O)C(=O)c1ccc(OC)c(OCc2ccccc2)c1. The molecule has 0 unspecified atom stereocenters. The van der Waals surface area contributed by atoms with Gasteiger partial charge in [-0.2, -0.15) is 0 Å². The second-order valence-corrected chi connectivity index (χ2v) is 4.69. The van der Waals surface area contributed by atoms with E-state index in [1.165, 1.54) is 19.2 Å². The van der Waals surface area contributed by atoms with Crippen molar-refractivity contribution < 1.29 is 23.8 Å². The average molecular weight is 314 g/mol. The Labute approximate surface area is 134 Å². The summed E-state index contributed by atoms with van der Waals surface area (Å²) in [5.74, 6) is -0.710. The molecule has 0 heterocycles. The van der Waals surface area contributed by atoms with Crippen LogP contribution in [0.15, 0.2) is 48.5 Å². The van der Waals surface area contributed by atoms with E-state index >= 15 is 0 Å². The zero-order valence-corrected chi connectivity index (χ0v) is 13.1. The van der Waals surface area contributed by atoms with Gasteiger partial charge in [-0.1, -0.05) is 30.3 Å². The molecule has 2 aromatic rings. The van der Waals surface area contributed by atoms with Crippen LogP contribution in [0.3, 0.4) is 0 Å². The molecule has 0 saturated heterocycles. The third kappa shape index (κ3) is 4.32. The second kappa shape index (κ2) is 7.98. The summed E-state index contributed by atoms with van der Waals surface area (Å²) in [5, 5.41) is 0. The van der Waals surface area contributed by atoms with Crippen LogP contribution in [0.5, 0.6) is 11.5 Å². The Balaban J connectivity index is 2.18. The molecule has 0 fully saturated rings. The molecule has 0 aliphatic carbocycles. The highest BCUT2D eigenvalue weighted by Gasteiger charge is 2.19. The molecule has 5 nitrogen and oxygen atoms in total. The summed E-state index contributed by atoms with van der Waals surface area (Å²) in [6.07, 6.45) is 0. The molecule has 0 N–H and O–H groups in total. The summed E-state index contributed by atoms with van der Waals surface area (Å²) in [6.45, 7) is 2.12. The lowest BCUT2D eigenvalue weighted by Gasteiger charge is -2.12. The Bertz CT molecular complexity index is 679. The van der Waals surface area contributed by atoms with E-state index in [-0.39, 0.29) is 12.2 Å². The number of hydrogen-bond donors (Lipinski definition) is 0. The number of esters is 1. The van der Waals surface area contributed by atoms with Crippen molar-refractivity contribution in [1.82, 2.24) is 0 Å². The van der Waals surface area contributed by atoms with Crippen LogP contribution in [0.1, 0.15) is 22.8 Å². The number of methoxy groups -OCH3 is 1. The summed E-state index contributed by atoms with van der Waals surface area (Å²) >= 11 is 0. The quantitative estimate of drug-likeness (QED) is 0.446. The number of ether oxygens (including phenoxy) is 3. The maximum Gasteiger partial charge on any atom is 0.379 e. The van der Waals surface area contributed by atoms with E-state index in [0.29, 0.717) is 18.1 Å². The first-order valence-corrected chi connectivity index (χ1v) is 7.22. The molecule has 0 aliphatic rings. The van der Waals surface area contributed by atoms with Crippen LogP contribution in [-0.4, -0.2) is 25.5 Å². The molecule has 2 rings (SSSR count). The predicted octanol–water partition coefficient (Wildman–Crippen LogP) is 3.02. The van der Waals surface area contributed by atoms with Crippen LogP contribution in [0.25, 0.3) is 0 Å². The zero-order valence-electron chi connectivity index (χ0n) is 13.1. The molecule has 23 heavy (non-hydrogen) atoms. The minimum atomic E-state index is -0.883. The average Bonchev–Trinajstić information content (AvgIpc) is 2.60. The van der Waals surface area contributed by atoms with Gasteiger partial charge in [-0.15, -0.1) is 0 Å². The fourth-order valence-corrected chi connectivity index (χ4v) is 1.98. The van der Waals surface area contributed by atoms with Gasteiger partial charge in [0.15, 0.2) is 11.5 Å². The highest BCUT2D eigenvalue weighted by atomic mass is 16.5. The van der Waals surface area contributed by atoms with E-state index in [4.69, 9.17) is 14.2 Å². The molecule has 0 spiro atoms. The minimum absolute atomic E-state index is 0.151. The van der Waals surface area contributed by atoms with Crippen LogP contribution < -0.4 is 9.47 Å². The lowest BCUT2D eigenvalue weighted by molar-refractivity contribution is -0.137. The van der Waals surface area contributed by atoms with Crippen molar-refractivity contribution in [3.8, 4) is 11.5 Å². The number of hydrogen-bond acceptors (Lipinski definition) is 5. The molecule has 0 amide bonds. The molecule has 0 aromatic heterocycles. The van der Waals surface area contributed by atoms with Crippen molar-refractivity contribution in [3.63, 3.8) is 0 Å². The van der Waals surface area contributed by atoms with Crippen molar-refractivity contribution in [2.24, 2.45) is 0 Å². The molecule has 0 atom stereocenters. The molecular weight excluding hydrogens is 296 g/mol. The highest BCUT2D eigenvalue weighted by Crippen LogP contribution is 2.29. The monoisotopic (exact) mass is 314 g/mol. The van der Waals surface area contributed by atoms with Gasteiger partial charge in [0.25, 0.3) is 5.78 Å². The second-order valence-electron chi connectivity index (χ2n) is 4.69. The van der Waals surface area contributed by atoms with E-state index < -0.39 is 11.8 Å². The summed E-state index contributed by atoms with van der Waals surface area (Å²) in [6, 6.07) is 14.2. The Morgan fingerprint density at radius 1 is 1.00 bits per heavy atom. The summed E-state index contributed by atoms with van der Waals surface area (Å²) in [4.78, 5) is 23.5. The Morgan fingerprint density at radius 2 is 1.74 bits per heavy atom. The maximum absolute atomic E-state index is 12.0. The number of ketones is 1. The third-order valence-corrected chi connectivity index (χ3v) is 3.12. The van der Waals surface area contributed by atoms with Crippen molar-refractivity contribution in [2.75, 3.05) is 13.7 Å². The van der Waals surface area contributed by atoms with Gasteiger partial charge >= 0.3 is 5.97 Å². The summed E-state index contributed by atoms with van der Waals surface area (Å²) in [7, 11) is 1.51. The van der Waals surface area contributed by atoms with Crippen molar-refractivity contribution in [1.29, 1.82) is 0 Å². The molecule has 5 heteroatoms. The molecule has 2 aromatic carbocycles. The Morgan fingerprint density at radius 3 is 2.39 bits per heavy atom. The normalized spacial score (nSPS) is 10.0. The Kier molecular flexibility index (Phi) is 5.74. The topological polar surface area (TPSA) is 61.8 Å². The number of carbonyl (C=O) groups excluding carboxylic acids is 2. The number of Topliss-reactive ketones (excluding diaryl/α,β-unsaturated/α-hetero) is 1. The lowest BCUT2D eigenvalue weighted by atomic mass is 10.1. The van der Waals surface area contributed by atoms with E-state index in [0.717, 1.165) is 5.56 Å². The van der Waals surface area contributed by atoms with Crippen LogP contribution in [-0.2, 0) is 16.1 Å². The van der Waals surface area contributed by atoms with Gasteiger partial charge in [0.05, 0.1) is 13.7 Å². The highest BCUT2D eigenvalue weighted by molar-refractivity contribution is 6.40. The number of carbonyl (C=O) groups is 2. The van der Waals surface area contributed by atoms with Gasteiger partial charge in [-0.25, -0.2) is 4.79 Å². The molecule has 0 saturated carbocycles. The van der Waals surface area contributed by atoms with Crippen molar-refractivity contribution in [2.45, 2.75) is 13.5 Å². The zero-order chi connectivity index (χ0) is 16.7. The molecule has 0 aliphatic heterocycles.